The third kappa shape index (κ3) is 8.06. The molecule has 39 heavy (non-hydrogen) atoms. The van der Waals surface area contributed by atoms with Gasteiger partial charge in [-0.3, -0.25) is 13.9 Å². The lowest BCUT2D eigenvalue weighted by Crippen LogP contribution is -2.54. The highest BCUT2D eigenvalue weighted by molar-refractivity contribution is 9.10. The van der Waals surface area contributed by atoms with Crippen molar-refractivity contribution in [2.24, 2.45) is 0 Å². The van der Waals surface area contributed by atoms with E-state index in [0.29, 0.717) is 11.4 Å². The number of nitrogens with zero attached hydrogens (tertiary/aromatic N) is 2. The summed E-state index contributed by atoms with van der Waals surface area (Å²) in [5.74, 6) is -0.344. The molecule has 0 radical (unpaired) electrons. The van der Waals surface area contributed by atoms with Crippen molar-refractivity contribution in [1.82, 2.24) is 10.2 Å². The molecule has 0 spiro atoms. The predicted molar refractivity (Wildman–Crippen MR) is 156 cm³/mol. The van der Waals surface area contributed by atoms with Crippen LogP contribution in [-0.2, 0) is 26.2 Å². The van der Waals surface area contributed by atoms with Crippen LogP contribution in [0.15, 0.2) is 88.2 Å². The van der Waals surface area contributed by atoms with Crippen molar-refractivity contribution >= 4 is 43.5 Å². The van der Waals surface area contributed by atoms with Crippen LogP contribution in [0.1, 0.15) is 33.3 Å². The molecule has 2 amide bonds. The molecule has 0 aliphatic heterocycles. The number of carbonyl (C=O) groups excluding carboxylic acids is 2. The summed E-state index contributed by atoms with van der Waals surface area (Å²) in [6.45, 7) is 6.84. The topological polar surface area (TPSA) is 96.0 Å². The number of anilines is 1. The summed E-state index contributed by atoms with van der Waals surface area (Å²) in [6, 6.07) is 20.9. The van der Waals surface area contributed by atoms with Gasteiger partial charge in [-0.1, -0.05) is 46.3 Å². The molecule has 0 aliphatic carbocycles. The molecular formula is C29H34BrN3O5S. The van der Waals surface area contributed by atoms with Gasteiger partial charge in [0.2, 0.25) is 11.8 Å². The predicted octanol–water partition coefficient (Wildman–Crippen LogP) is 4.99. The molecule has 0 saturated carbocycles. The molecule has 0 heterocycles. The van der Waals surface area contributed by atoms with E-state index in [1.165, 1.54) is 24.1 Å². The molecule has 1 N–H and O–H groups in total. The largest absolute Gasteiger partial charge is 0.497 e. The number of benzene rings is 3. The van der Waals surface area contributed by atoms with Crippen molar-refractivity contribution < 1.29 is 22.7 Å². The van der Waals surface area contributed by atoms with Gasteiger partial charge < -0.3 is 15.0 Å². The molecule has 8 nitrogen and oxygen atoms in total. The van der Waals surface area contributed by atoms with E-state index in [2.05, 4.69) is 21.2 Å². The first kappa shape index (κ1) is 30.2. The Bertz CT molecular complexity index is 1370. The Morgan fingerprint density at radius 1 is 0.949 bits per heavy atom. The number of carbonyl (C=O) groups is 2. The van der Waals surface area contributed by atoms with Gasteiger partial charge in [-0.05, 0) is 81.8 Å². The smallest absolute Gasteiger partial charge is 0.264 e. The lowest BCUT2D eigenvalue weighted by Gasteiger charge is -2.33. The Kier molecular flexibility index (Phi) is 9.79. The Balaban J connectivity index is 2.00. The zero-order chi connectivity index (χ0) is 28.8. The van der Waals surface area contributed by atoms with Gasteiger partial charge in [0.15, 0.2) is 0 Å². The van der Waals surface area contributed by atoms with Gasteiger partial charge in [0.05, 0.1) is 17.7 Å². The first-order valence-electron chi connectivity index (χ1n) is 12.4. The van der Waals surface area contributed by atoms with E-state index in [-0.39, 0.29) is 17.3 Å². The minimum atomic E-state index is -4.14. The van der Waals surface area contributed by atoms with Crippen molar-refractivity contribution in [2.75, 3.05) is 18.0 Å². The number of rotatable bonds is 10. The summed E-state index contributed by atoms with van der Waals surface area (Å²) >= 11 is 3.41. The molecule has 0 aromatic heterocycles. The van der Waals surface area contributed by atoms with Crippen molar-refractivity contribution in [3.05, 3.63) is 88.9 Å². The van der Waals surface area contributed by atoms with Crippen molar-refractivity contribution in [1.29, 1.82) is 0 Å². The second-order valence-electron chi connectivity index (χ2n) is 10.1. The molecule has 0 aliphatic rings. The van der Waals surface area contributed by atoms with Crippen molar-refractivity contribution in [3.8, 4) is 5.75 Å². The molecule has 0 saturated heterocycles. The molecule has 208 valence electrons. The third-order valence-corrected chi connectivity index (χ3v) is 8.22. The van der Waals surface area contributed by atoms with Crippen LogP contribution in [0.4, 0.5) is 5.69 Å². The standard InChI is InChI=1S/C29H34BrN3O5S/c1-21(28(35)31-29(2,3)4)32(19-22-11-13-23(30)14-12-22)27(34)20-33(24-9-7-6-8-10-24)39(36,37)26-17-15-25(38-5)16-18-26/h6-18,21H,19-20H2,1-5H3,(H,31,35)/t21-/m0/s1. The number of sulfonamides is 1. The number of para-hydroxylation sites is 1. The van der Waals surface area contributed by atoms with Gasteiger partial charge in [0.1, 0.15) is 18.3 Å². The van der Waals surface area contributed by atoms with Gasteiger partial charge in [-0.2, -0.15) is 0 Å². The molecule has 0 bridgehead atoms. The highest BCUT2D eigenvalue weighted by atomic mass is 79.9. The van der Waals surface area contributed by atoms with E-state index < -0.39 is 34.1 Å². The van der Waals surface area contributed by atoms with Crippen LogP contribution in [0, 0.1) is 0 Å². The fourth-order valence-electron chi connectivity index (χ4n) is 3.84. The van der Waals surface area contributed by atoms with Crippen LogP contribution in [0.25, 0.3) is 0 Å². The van der Waals surface area contributed by atoms with Crippen LogP contribution in [0.3, 0.4) is 0 Å². The van der Waals surface area contributed by atoms with E-state index in [9.17, 15) is 18.0 Å². The number of ether oxygens (including phenoxy) is 1. The first-order chi connectivity index (χ1) is 18.3. The fraction of sp³-hybridized carbons (Fsp3) is 0.310. The highest BCUT2D eigenvalue weighted by Gasteiger charge is 2.33. The van der Waals surface area contributed by atoms with E-state index >= 15 is 0 Å². The second-order valence-corrected chi connectivity index (χ2v) is 12.9. The average Bonchev–Trinajstić information content (AvgIpc) is 2.90. The molecule has 3 aromatic rings. The Morgan fingerprint density at radius 2 is 1.54 bits per heavy atom. The maximum atomic E-state index is 13.9. The van der Waals surface area contributed by atoms with Gasteiger partial charge in [-0.25, -0.2) is 8.42 Å². The molecule has 1 atom stereocenters. The Labute approximate surface area is 239 Å². The molecule has 0 unspecified atom stereocenters. The zero-order valence-electron chi connectivity index (χ0n) is 22.7. The van der Waals surface area contributed by atoms with Gasteiger partial charge >= 0.3 is 0 Å². The minimum Gasteiger partial charge on any atom is -0.497 e. The third-order valence-electron chi connectivity index (χ3n) is 5.90. The summed E-state index contributed by atoms with van der Waals surface area (Å²) in [7, 11) is -2.64. The number of halogens is 1. The van der Waals surface area contributed by atoms with Crippen LogP contribution < -0.4 is 14.4 Å². The average molecular weight is 617 g/mol. The minimum absolute atomic E-state index is 0.0120. The maximum Gasteiger partial charge on any atom is 0.264 e. The summed E-state index contributed by atoms with van der Waals surface area (Å²) in [4.78, 5) is 28.4. The molecule has 3 aromatic carbocycles. The summed E-state index contributed by atoms with van der Waals surface area (Å²) in [5.41, 5.74) is 0.620. The van der Waals surface area contributed by atoms with Gasteiger partial charge in [0.25, 0.3) is 10.0 Å². The molecular weight excluding hydrogens is 582 g/mol. The van der Waals surface area contributed by atoms with E-state index in [4.69, 9.17) is 4.74 Å². The normalized spacial score (nSPS) is 12.4. The quantitative estimate of drug-likeness (QED) is 0.347. The maximum absolute atomic E-state index is 13.9. The van der Waals surface area contributed by atoms with Gasteiger partial charge in [0, 0.05) is 16.6 Å². The summed E-state index contributed by atoms with van der Waals surface area (Å²) in [6.07, 6.45) is 0. The SMILES string of the molecule is COc1ccc(S(=O)(=O)N(CC(=O)N(Cc2ccc(Br)cc2)[C@@H](C)C(=O)NC(C)(C)C)c2ccccc2)cc1. The summed E-state index contributed by atoms with van der Waals surface area (Å²) < 4.78 is 34.7. The Morgan fingerprint density at radius 3 is 2.08 bits per heavy atom. The van der Waals surface area contributed by atoms with Crippen molar-refractivity contribution in [3.63, 3.8) is 0 Å². The number of amides is 2. The van der Waals surface area contributed by atoms with E-state index in [1.54, 1.807) is 49.4 Å². The van der Waals surface area contributed by atoms with Crippen molar-refractivity contribution in [2.45, 2.75) is 50.7 Å². The van der Waals surface area contributed by atoms with Crippen LogP contribution >= 0.6 is 15.9 Å². The lowest BCUT2D eigenvalue weighted by molar-refractivity contribution is -0.140. The molecule has 0 fully saturated rings. The van der Waals surface area contributed by atoms with Crippen LogP contribution in [0.5, 0.6) is 5.75 Å². The molecule has 10 heteroatoms. The van der Waals surface area contributed by atoms with E-state index in [0.717, 1.165) is 14.3 Å². The number of hydrogen-bond acceptors (Lipinski definition) is 5. The summed E-state index contributed by atoms with van der Waals surface area (Å²) in [5, 5.41) is 2.92. The number of hydrogen-bond donors (Lipinski definition) is 1. The second kappa shape index (κ2) is 12.7. The zero-order valence-corrected chi connectivity index (χ0v) is 25.1. The van der Waals surface area contributed by atoms with Gasteiger partial charge in [-0.15, -0.1) is 0 Å². The Hall–Kier alpha value is -3.37. The van der Waals surface area contributed by atoms with E-state index in [1.807, 2.05) is 45.0 Å². The monoisotopic (exact) mass is 615 g/mol. The number of nitrogens with one attached hydrogen (secondary N) is 1. The lowest BCUT2D eigenvalue weighted by atomic mass is 10.1. The molecule has 3 rings (SSSR count). The fourth-order valence-corrected chi connectivity index (χ4v) is 5.52. The highest BCUT2D eigenvalue weighted by Crippen LogP contribution is 2.26. The van der Waals surface area contributed by atoms with Crippen LogP contribution in [-0.4, -0.2) is 50.4 Å². The number of methoxy groups -OCH3 is 1. The first-order valence-corrected chi connectivity index (χ1v) is 14.6. The van der Waals surface area contributed by atoms with Crippen LogP contribution in [0.2, 0.25) is 0 Å².